The molecule has 0 aliphatic rings. The van der Waals surface area contributed by atoms with Gasteiger partial charge in [0.1, 0.15) is 0 Å². The predicted octanol–water partition coefficient (Wildman–Crippen LogP) is 3.05. The SMILES string of the molecule is O=C(O)CCc1cccc(-c2ccccc2)c1CP(=O)(O)O. The molecule has 2 rings (SSSR count). The maximum absolute atomic E-state index is 11.5. The van der Waals surface area contributed by atoms with E-state index in [1.807, 2.05) is 30.3 Å². The van der Waals surface area contributed by atoms with Crippen molar-refractivity contribution < 1.29 is 24.3 Å². The first-order valence-corrected chi connectivity index (χ1v) is 8.59. The third kappa shape index (κ3) is 4.53. The molecule has 116 valence electrons. The van der Waals surface area contributed by atoms with E-state index < -0.39 is 19.7 Å². The van der Waals surface area contributed by atoms with Crippen molar-refractivity contribution in [3.05, 3.63) is 59.7 Å². The van der Waals surface area contributed by atoms with Crippen LogP contribution in [0.3, 0.4) is 0 Å². The van der Waals surface area contributed by atoms with Gasteiger partial charge in [0, 0.05) is 6.42 Å². The number of hydrogen-bond acceptors (Lipinski definition) is 2. The molecule has 0 heterocycles. The zero-order valence-electron chi connectivity index (χ0n) is 11.8. The van der Waals surface area contributed by atoms with Gasteiger partial charge in [-0.1, -0.05) is 48.5 Å². The Morgan fingerprint density at radius 3 is 2.27 bits per heavy atom. The third-order valence-corrected chi connectivity index (χ3v) is 4.06. The van der Waals surface area contributed by atoms with Crippen LogP contribution in [-0.2, 0) is 21.9 Å². The summed E-state index contributed by atoms with van der Waals surface area (Å²) in [5, 5.41) is 8.83. The molecule has 3 N–H and O–H groups in total. The molecule has 0 aliphatic heterocycles. The number of carbonyl (C=O) groups is 1. The smallest absolute Gasteiger partial charge is 0.329 e. The predicted molar refractivity (Wildman–Crippen MR) is 83.6 cm³/mol. The van der Waals surface area contributed by atoms with Gasteiger partial charge in [-0.25, -0.2) is 0 Å². The molecule has 22 heavy (non-hydrogen) atoms. The van der Waals surface area contributed by atoms with Crippen LogP contribution in [0.15, 0.2) is 48.5 Å². The molecule has 0 amide bonds. The fourth-order valence-corrected chi connectivity index (χ4v) is 3.18. The second kappa shape index (κ2) is 6.88. The quantitative estimate of drug-likeness (QED) is 0.711. The van der Waals surface area contributed by atoms with Gasteiger partial charge in [0.2, 0.25) is 0 Å². The number of hydrogen-bond donors (Lipinski definition) is 3. The first-order chi connectivity index (χ1) is 10.4. The Hall–Kier alpha value is -1.94. The zero-order valence-corrected chi connectivity index (χ0v) is 12.7. The van der Waals surface area contributed by atoms with Gasteiger partial charge in [-0.15, -0.1) is 0 Å². The number of aryl methyl sites for hydroxylation is 1. The zero-order chi connectivity index (χ0) is 16.2. The van der Waals surface area contributed by atoms with Crippen molar-refractivity contribution in [2.45, 2.75) is 19.0 Å². The van der Waals surface area contributed by atoms with E-state index in [0.717, 1.165) is 11.1 Å². The Labute approximate surface area is 128 Å². The molecular weight excluding hydrogens is 303 g/mol. The normalized spacial score (nSPS) is 11.4. The van der Waals surface area contributed by atoms with Crippen molar-refractivity contribution in [1.29, 1.82) is 0 Å². The first-order valence-electron chi connectivity index (χ1n) is 6.79. The van der Waals surface area contributed by atoms with Gasteiger partial charge in [-0.05, 0) is 28.7 Å². The fourth-order valence-electron chi connectivity index (χ4n) is 2.39. The van der Waals surface area contributed by atoms with E-state index in [-0.39, 0.29) is 12.8 Å². The fraction of sp³-hybridized carbons (Fsp3) is 0.188. The average molecular weight is 320 g/mol. The summed E-state index contributed by atoms with van der Waals surface area (Å²) in [6, 6.07) is 14.6. The number of aliphatic carboxylic acids is 1. The van der Waals surface area contributed by atoms with Gasteiger partial charge >= 0.3 is 13.6 Å². The van der Waals surface area contributed by atoms with Crippen molar-refractivity contribution in [3.8, 4) is 11.1 Å². The standard InChI is InChI=1S/C16H17O5P/c17-16(18)10-9-13-7-4-8-14(12-5-2-1-3-6-12)15(13)11-22(19,20)21/h1-8H,9-11H2,(H,17,18)(H2,19,20,21). The maximum atomic E-state index is 11.5. The van der Waals surface area contributed by atoms with Crippen molar-refractivity contribution in [1.82, 2.24) is 0 Å². The molecule has 2 aromatic rings. The number of rotatable bonds is 6. The molecule has 0 saturated heterocycles. The van der Waals surface area contributed by atoms with Crippen LogP contribution < -0.4 is 0 Å². The number of carboxylic acid groups (broad SMARTS) is 1. The lowest BCUT2D eigenvalue weighted by Crippen LogP contribution is -2.03. The van der Waals surface area contributed by atoms with Crippen LogP contribution in [0.25, 0.3) is 11.1 Å². The monoisotopic (exact) mass is 320 g/mol. The average Bonchev–Trinajstić information content (AvgIpc) is 2.45. The van der Waals surface area contributed by atoms with E-state index >= 15 is 0 Å². The molecule has 5 nitrogen and oxygen atoms in total. The molecule has 0 saturated carbocycles. The summed E-state index contributed by atoms with van der Waals surface area (Å²) in [5.41, 5.74) is 2.75. The molecule has 0 atom stereocenters. The van der Waals surface area contributed by atoms with E-state index in [2.05, 4.69) is 0 Å². The van der Waals surface area contributed by atoms with Crippen molar-refractivity contribution in [3.63, 3.8) is 0 Å². The van der Waals surface area contributed by atoms with Gasteiger partial charge in [0.25, 0.3) is 0 Å². The Kier molecular flexibility index (Phi) is 5.14. The lowest BCUT2D eigenvalue weighted by atomic mass is 9.94. The van der Waals surface area contributed by atoms with Crippen molar-refractivity contribution >= 4 is 13.6 Å². The summed E-state index contributed by atoms with van der Waals surface area (Å²) in [6.07, 6.45) is -0.231. The highest BCUT2D eigenvalue weighted by molar-refractivity contribution is 7.50. The van der Waals surface area contributed by atoms with Gasteiger partial charge in [-0.3, -0.25) is 9.36 Å². The number of benzene rings is 2. The molecular formula is C16H17O5P. The van der Waals surface area contributed by atoms with Crippen LogP contribution in [0.1, 0.15) is 17.5 Å². The minimum Gasteiger partial charge on any atom is -0.481 e. The Morgan fingerprint density at radius 1 is 1.00 bits per heavy atom. The maximum Gasteiger partial charge on any atom is 0.329 e. The summed E-state index contributed by atoms with van der Waals surface area (Å²) in [5.74, 6) is -0.938. The van der Waals surface area contributed by atoms with Crippen LogP contribution in [0.5, 0.6) is 0 Å². The minimum absolute atomic E-state index is 0.0770. The van der Waals surface area contributed by atoms with E-state index in [4.69, 9.17) is 5.11 Å². The van der Waals surface area contributed by atoms with E-state index in [0.29, 0.717) is 11.1 Å². The minimum atomic E-state index is -4.26. The number of carboxylic acids is 1. The summed E-state index contributed by atoms with van der Waals surface area (Å²) in [4.78, 5) is 29.4. The highest BCUT2D eigenvalue weighted by atomic mass is 31.2. The van der Waals surface area contributed by atoms with Crippen LogP contribution in [-0.4, -0.2) is 20.9 Å². The highest BCUT2D eigenvalue weighted by Crippen LogP contribution is 2.43. The molecule has 0 bridgehead atoms. The summed E-state index contributed by atoms with van der Waals surface area (Å²) in [7, 11) is -4.26. The molecule has 2 aromatic carbocycles. The van der Waals surface area contributed by atoms with E-state index in [9.17, 15) is 19.1 Å². The van der Waals surface area contributed by atoms with Crippen molar-refractivity contribution in [2.24, 2.45) is 0 Å². The van der Waals surface area contributed by atoms with Crippen LogP contribution >= 0.6 is 7.60 Å². The highest BCUT2D eigenvalue weighted by Gasteiger charge is 2.20. The Bertz CT molecular complexity index is 706. The largest absolute Gasteiger partial charge is 0.481 e. The van der Waals surface area contributed by atoms with Gasteiger partial charge in [0.15, 0.2) is 0 Å². The van der Waals surface area contributed by atoms with E-state index in [1.54, 1.807) is 18.2 Å². The first kappa shape index (κ1) is 16.4. The second-order valence-corrected chi connectivity index (χ2v) is 6.67. The lowest BCUT2D eigenvalue weighted by Gasteiger charge is -2.15. The topological polar surface area (TPSA) is 94.8 Å². The molecule has 6 heteroatoms. The summed E-state index contributed by atoms with van der Waals surface area (Å²) < 4.78 is 11.5. The Morgan fingerprint density at radius 2 is 1.68 bits per heavy atom. The summed E-state index contributed by atoms with van der Waals surface area (Å²) >= 11 is 0. The molecule has 0 fully saturated rings. The third-order valence-electron chi connectivity index (χ3n) is 3.33. The van der Waals surface area contributed by atoms with Gasteiger partial charge < -0.3 is 14.9 Å². The molecule has 0 aromatic heterocycles. The lowest BCUT2D eigenvalue weighted by molar-refractivity contribution is -0.136. The molecule has 0 radical (unpaired) electrons. The summed E-state index contributed by atoms with van der Waals surface area (Å²) in [6.45, 7) is 0. The van der Waals surface area contributed by atoms with E-state index in [1.165, 1.54) is 0 Å². The molecule has 0 unspecified atom stereocenters. The van der Waals surface area contributed by atoms with Crippen LogP contribution in [0, 0.1) is 0 Å². The van der Waals surface area contributed by atoms with Crippen molar-refractivity contribution in [2.75, 3.05) is 0 Å². The second-order valence-electron chi connectivity index (χ2n) is 5.03. The van der Waals surface area contributed by atoms with Crippen LogP contribution in [0.2, 0.25) is 0 Å². The molecule has 0 spiro atoms. The Balaban J connectivity index is 2.50. The molecule has 0 aliphatic carbocycles. The van der Waals surface area contributed by atoms with Crippen LogP contribution in [0.4, 0.5) is 0 Å². The van der Waals surface area contributed by atoms with Gasteiger partial charge in [0.05, 0.1) is 6.16 Å². The van der Waals surface area contributed by atoms with Gasteiger partial charge in [-0.2, -0.15) is 0 Å².